The Morgan fingerprint density at radius 1 is 1.22 bits per heavy atom. The van der Waals surface area contributed by atoms with Gasteiger partial charge < -0.3 is 10.2 Å². The van der Waals surface area contributed by atoms with Gasteiger partial charge in [-0.2, -0.15) is 5.10 Å². The number of carbonyl (C=O) groups excluding carboxylic acids is 1. The summed E-state index contributed by atoms with van der Waals surface area (Å²) >= 11 is 0. The predicted molar refractivity (Wildman–Crippen MR) is 69.4 cm³/mol. The van der Waals surface area contributed by atoms with Gasteiger partial charge in [0, 0.05) is 20.3 Å². The molecular formula is C13H14N4O. The number of nitrogens with zero attached hydrogens (tertiary/aromatic N) is 3. The molecular weight excluding hydrogens is 228 g/mol. The molecule has 1 aliphatic rings. The molecule has 1 atom stereocenters. The Labute approximate surface area is 105 Å². The predicted octanol–water partition coefficient (Wildman–Crippen LogP) is 1.55. The molecule has 0 bridgehead atoms. The van der Waals surface area contributed by atoms with Crippen LogP contribution in [0.5, 0.6) is 0 Å². The largest absolute Gasteiger partial charge is 0.367 e. The molecule has 1 aromatic carbocycles. The Bertz CT molecular complexity index is 605. The lowest BCUT2D eigenvalue weighted by atomic mass is 10.1. The molecule has 1 unspecified atom stereocenters. The van der Waals surface area contributed by atoms with Gasteiger partial charge in [0.1, 0.15) is 6.04 Å². The van der Waals surface area contributed by atoms with Crippen molar-refractivity contribution in [3.8, 4) is 0 Å². The SMILES string of the molecule is CN1C(=O)C(c2ccnn2C)Nc2ccccc21. The minimum Gasteiger partial charge on any atom is -0.367 e. The molecule has 0 saturated heterocycles. The third-order valence-corrected chi connectivity index (χ3v) is 3.30. The van der Waals surface area contributed by atoms with Gasteiger partial charge in [0.25, 0.3) is 5.91 Å². The van der Waals surface area contributed by atoms with E-state index in [1.807, 2.05) is 37.4 Å². The second-order valence-electron chi connectivity index (χ2n) is 4.37. The number of para-hydroxylation sites is 2. The summed E-state index contributed by atoms with van der Waals surface area (Å²) in [6, 6.07) is 9.26. The fraction of sp³-hybridized carbons (Fsp3) is 0.231. The molecule has 1 N–H and O–H groups in total. The van der Waals surface area contributed by atoms with Crippen molar-refractivity contribution in [2.45, 2.75) is 6.04 Å². The number of fused-ring (bicyclic) bond motifs is 1. The highest BCUT2D eigenvalue weighted by Gasteiger charge is 2.32. The van der Waals surface area contributed by atoms with Crippen molar-refractivity contribution in [3.63, 3.8) is 0 Å². The highest BCUT2D eigenvalue weighted by molar-refractivity contribution is 6.04. The maximum absolute atomic E-state index is 12.4. The Hall–Kier alpha value is -2.30. The number of nitrogens with one attached hydrogen (secondary N) is 1. The fourth-order valence-corrected chi connectivity index (χ4v) is 2.29. The number of carbonyl (C=O) groups is 1. The molecule has 92 valence electrons. The van der Waals surface area contributed by atoms with E-state index in [1.165, 1.54) is 0 Å². The van der Waals surface area contributed by atoms with Crippen molar-refractivity contribution in [1.82, 2.24) is 9.78 Å². The number of benzene rings is 1. The van der Waals surface area contributed by atoms with E-state index in [0.717, 1.165) is 17.1 Å². The average Bonchev–Trinajstić information content (AvgIpc) is 2.80. The van der Waals surface area contributed by atoms with Crippen LogP contribution in [0.15, 0.2) is 36.5 Å². The summed E-state index contributed by atoms with van der Waals surface area (Å²) in [6.07, 6.45) is 1.70. The molecule has 1 aromatic heterocycles. The summed E-state index contributed by atoms with van der Waals surface area (Å²) in [5.41, 5.74) is 2.73. The van der Waals surface area contributed by atoms with Gasteiger partial charge in [0.05, 0.1) is 17.1 Å². The zero-order valence-electron chi connectivity index (χ0n) is 10.3. The molecule has 1 amide bonds. The van der Waals surface area contributed by atoms with E-state index in [2.05, 4.69) is 10.4 Å². The molecule has 2 aromatic rings. The first-order valence-electron chi connectivity index (χ1n) is 5.79. The van der Waals surface area contributed by atoms with Crippen molar-refractivity contribution in [2.24, 2.45) is 7.05 Å². The molecule has 0 aliphatic carbocycles. The lowest BCUT2D eigenvalue weighted by molar-refractivity contribution is -0.119. The van der Waals surface area contributed by atoms with Gasteiger partial charge in [-0.1, -0.05) is 12.1 Å². The van der Waals surface area contributed by atoms with E-state index >= 15 is 0 Å². The van der Waals surface area contributed by atoms with Gasteiger partial charge in [-0.15, -0.1) is 0 Å². The van der Waals surface area contributed by atoms with Crippen LogP contribution in [0.1, 0.15) is 11.7 Å². The zero-order valence-corrected chi connectivity index (χ0v) is 10.3. The molecule has 5 heteroatoms. The van der Waals surface area contributed by atoms with Gasteiger partial charge in [-0.3, -0.25) is 9.48 Å². The first-order valence-corrected chi connectivity index (χ1v) is 5.79. The fourth-order valence-electron chi connectivity index (χ4n) is 2.29. The monoisotopic (exact) mass is 242 g/mol. The number of rotatable bonds is 1. The maximum atomic E-state index is 12.4. The van der Waals surface area contributed by atoms with E-state index in [4.69, 9.17) is 0 Å². The number of aryl methyl sites for hydroxylation is 1. The van der Waals surface area contributed by atoms with Crippen molar-refractivity contribution >= 4 is 17.3 Å². The van der Waals surface area contributed by atoms with Gasteiger partial charge >= 0.3 is 0 Å². The van der Waals surface area contributed by atoms with Crippen LogP contribution in [0, 0.1) is 0 Å². The van der Waals surface area contributed by atoms with Crippen molar-refractivity contribution in [2.75, 3.05) is 17.3 Å². The molecule has 5 nitrogen and oxygen atoms in total. The number of hydrogen-bond donors (Lipinski definition) is 1. The molecule has 0 fully saturated rings. The number of aromatic nitrogens is 2. The van der Waals surface area contributed by atoms with Crippen LogP contribution >= 0.6 is 0 Å². The van der Waals surface area contributed by atoms with Gasteiger partial charge in [-0.05, 0) is 18.2 Å². The summed E-state index contributed by atoms with van der Waals surface area (Å²) in [4.78, 5) is 14.0. The Kier molecular flexibility index (Phi) is 2.33. The third kappa shape index (κ3) is 1.48. The van der Waals surface area contributed by atoms with Crippen molar-refractivity contribution < 1.29 is 4.79 Å². The van der Waals surface area contributed by atoms with Crippen LogP contribution in [0.2, 0.25) is 0 Å². The molecule has 18 heavy (non-hydrogen) atoms. The smallest absolute Gasteiger partial charge is 0.255 e. The summed E-state index contributed by atoms with van der Waals surface area (Å²) in [5.74, 6) is 0.0253. The molecule has 1 aliphatic heterocycles. The quantitative estimate of drug-likeness (QED) is 0.825. The van der Waals surface area contributed by atoms with Crippen LogP contribution in [0.25, 0.3) is 0 Å². The Morgan fingerprint density at radius 3 is 2.72 bits per heavy atom. The topological polar surface area (TPSA) is 50.2 Å². The summed E-state index contributed by atoms with van der Waals surface area (Å²) in [5, 5.41) is 7.38. The molecule has 3 rings (SSSR count). The summed E-state index contributed by atoms with van der Waals surface area (Å²) in [6.45, 7) is 0. The maximum Gasteiger partial charge on any atom is 0.255 e. The lowest BCUT2D eigenvalue weighted by Gasteiger charge is -2.32. The van der Waals surface area contributed by atoms with E-state index in [1.54, 1.807) is 22.8 Å². The first kappa shape index (κ1) is 10.8. The zero-order chi connectivity index (χ0) is 12.7. The highest BCUT2D eigenvalue weighted by Crippen LogP contribution is 2.34. The van der Waals surface area contributed by atoms with Crippen LogP contribution in [0.4, 0.5) is 11.4 Å². The van der Waals surface area contributed by atoms with E-state index in [9.17, 15) is 4.79 Å². The second kappa shape index (κ2) is 3.87. The highest BCUT2D eigenvalue weighted by atomic mass is 16.2. The van der Waals surface area contributed by atoms with Gasteiger partial charge in [0.15, 0.2) is 0 Å². The van der Waals surface area contributed by atoms with Crippen LogP contribution in [-0.4, -0.2) is 22.7 Å². The summed E-state index contributed by atoms with van der Waals surface area (Å²) < 4.78 is 1.72. The third-order valence-electron chi connectivity index (χ3n) is 3.30. The number of anilines is 2. The summed E-state index contributed by atoms with van der Waals surface area (Å²) in [7, 11) is 3.64. The van der Waals surface area contributed by atoms with E-state index in [-0.39, 0.29) is 11.9 Å². The van der Waals surface area contributed by atoms with Crippen LogP contribution in [-0.2, 0) is 11.8 Å². The van der Waals surface area contributed by atoms with E-state index in [0.29, 0.717) is 0 Å². The minimum atomic E-state index is -0.377. The number of hydrogen-bond acceptors (Lipinski definition) is 3. The average molecular weight is 242 g/mol. The second-order valence-corrected chi connectivity index (χ2v) is 4.37. The van der Waals surface area contributed by atoms with Gasteiger partial charge in [0.2, 0.25) is 0 Å². The number of likely N-dealkylation sites (N-methyl/N-ethyl adjacent to an activating group) is 1. The van der Waals surface area contributed by atoms with Crippen molar-refractivity contribution in [3.05, 3.63) is 42.2 Å². The van der Waals surface area contributed by atoms with Gasteiger partial charge in [-0.25, -0.2) is 0 Å². The molecule has 0 radical (unpaired) electrons. The minimum absolute atomic E-state index is 0.0253. The molecule has 0 saturated carbocycles. The van der Waals surface area contributed by atoms with Crippen LogP contribution in [0.3, 0.4) is 0 Å². The molecule has 2 heterocycles. The van der Waals surface area contributed by atoms with Crippen LogP contribution < -0.4 is 10.2 Å². The van der Waals surface area contributed by atoms with E-state index < -0.39 is 0 Å². The molecule has 0 spiro atoms. The Balaban J connectivity index is 2.06. The first-order chi connectivity index (χ1) is 8.68. The Morgan fingerprint density at radius 2 is 2.00 bits per heavy atom. The normalized spacial score (nSPS) is 18.4. The lowest BCUT2D eigenvalue weighted by Crippen LogP contribution is -2.40. The van der Waals surface area contributed by atoms with Crippen molar-refractivity contribution in [1.29, 1.82) is 0 Å². The number of amides is 1. The standard InChI is InChI=1S/C13H14N4O/c1-16-10-6-4-3-5-9(10)15-12(13(16)18)11-7-8-14-17(11)2/h3-8,12,15H,1-2H3.